The molecular weight excluding hydrogens is 270 g/mol. The topological polar surface area (TPSA) is 49.3 Å². The number of hydrogen-bond acceptors (Lipinski definition) is 3. The van der Waals surface area contributed by atoms with Crippen molar-refractivity contribution in [3.8, 4) is 5.75 Å². The van der Waals surface area contributed by atoms with Crippen molar-refractivity contribution in [3.63, 3.8) is 0 Å². The van der Waals surface area contributed by atoms with E-state index in [0.29, 0.717) is 16.8 Å². The molecule has 0 spiro atoms. The fourth-order valence-corrected chi connectivity index (χ4v) is 3.37. The van der Waals surface area contributed by atoms with Crippen LogP contribution in [0.5, 0.6) is 5.75 Å². The smallest absolute Gasteiger partial charge is 0.255 e. The average molecular weight is 286 g/mol. The molecule has 0 bridgehead atoms. The van der Waals surface area contributed by atoms with Crippen LogP contribution in [-0.4, -0.2) is 28.6 Å². The minimum atomic E-state index is -0.240. The van der Waals surface area contributed by atoms with Crippen LogP contribution in [0.2, 0.25) is 5.02 Å². The van der Waals surface area contributed by atoms with Crippen molar-refractivity contribution >= 4 is 29.3 Å². The normalized spacial score (nSPS) is 19.5. The number of phenolic OH excluding ortho intramolecular Hbond substituents is 1. The summed E-state index contributed by atoms with van der Waals surface area (Å²) in [6, 6.07) is 4.53. The molecule has 1 amide bonds. The van der Waals surface area contributed by atoms with Gasteiger partial charge in [0.15, 0.2) is 0 Å². The lowest BCUT2D eigenvalue weighted by atomic mass is 10.1. The van der Waals surface area contributed by atoms with Gasteiger partial charge >= 0.3 is 0 Å². The Bertz CT molecular complexity index is 433. The van der Waals surface area contributed by atoms with Crippen LogP contribution in [0, 0.1) is 0 Å². The van der Waals surface area contributed by atoms with Gasteiger partial charge in [-0.15, -0.1) is 0 Å². The molecule has 3 nitrogen and oxygen atoms in total. The predicted molar refractivity (Wildman–Crippen MR) is 75.5 cm³/mol. The van der Waals surface area contributed by atoms with E-state index in [2.05, 4.69) is 5.32 Å². The van der Waals surface area contributed by atoms with Crippen LogP contribution in [0.4, 0.5) is 0 Å². The maximum Gasteiger partial charge on any atom is 0.255 e. The Kier molecular flexibility index (Phi) is 4.78. The first kappa shape index (κ1) is 13.6. The molecule has 1 aliphatic rings. The van der Waals surface area contributed by atoms with Gasteiger partial charge < -0.3 is 10.4 Å². The molecular formula is C13H16ClNO2S. The van der Waals surface area contributed by atoms with Gasteiger partial charge in [-0.05, 0) is 36.8 Å². The highest BCUT2D eigenvalue weighted by molar-refractivity contribution is 7.99. The monoisotopic (exact) mass is 285 g/mol. The lowest BCUT2D eigenvalue weighted by Crippen LogP contribution is -2.31. The Hall–Kier alpha value is -0.870. The number of nitrogens with one attached hydrogen (secondary N) is 1. The molecule has 1 aromatic rings. The summed E-state index contributed by atoms with van der Waals surface area (Å²) in [5, 5.41) is 13.4. The third-order valence-electron chi connectivity index (χ3n) is 2.97. The maximum atomic E-state index is 11.9. The first-order chi connectivity index (χ1) is 8.66. The second kappa shape index (κ2) is 6.34. The number of amides is 1. The van der Waals surface area contributed by atoms with E-state index in [1.165, 1.54) is 24.7 Å². The first-order valence-corrected chi connectivity index (χ1v) is 7.48. The number of hydrogen-bond donors (Lipinski definition) is 2. The van der Waals surface area contributed by atoms with Gasteiger partial charge in [-0.2, -0.15) is 11.8 Å². The van der Waals surface area contributed by atoms with E-state index in [4.69, 9.17) is 11.6 Å². The number of phenols is 1. The van der Waals surface area contributed by atoms with Crippen molar-refractivity contribution in [1.29, 1.82) is 0 Å². The second-order valence-electron chi connectivity index (χ2n) is 4.36. The zero-order valence-corrected chi connectivity index (χ0v) is 11.6. The second-order valence-corrected chi connectivity index (χ2v) is 6.20. The molecule has 2 rings (SSSR count). The van der Waals surface area contributed by atoms with Crippen LogP contribution in [0.3, 0.4) is 0 Å². The van der Waals surface area contributed by atoms with Crippen molar-refractivity contribution in [2.75, 3.05) is 12.3 Å². The van der Waals surface area contributed by atoms with Gasteiger partial charge in [0, 0.05) is 16.8 Å². The number of benzene rings is 1. The first-order valence-electron chi connectivity index (χ1n) is 6.05. The van der Waals surface area contributed by atoms with Gasteiger partial charge in [0.25, 0.3) is 5.91 Å². The van der Waals surface area contributed by atoms with Crippen LogP contribution in [0.25, 0.3) is 0 Å². The van der Waals surface area contributed by atoms with Gasteiger partial charge in [-0.3, -0.25) is 4.79 Å². The molecule has 0 radical (unpaired) electrons. The molecule has 1 fully saturated rings. The zero-order chi connectivity index (χ0) is 13.0. The standard InChI is InChI=1S/C13H16ClNO2S/c14-9-4-5-11(12(16)7-9)13(17)15-8-10-3-1-2-6-18-10/h4-5,7,10,16H,1-3,6,8H2,(H,15,17). The van der Waals surface area contributed by atoms with Gasteiger partial charge in [-0.25, -0.2) is 0 Å². The van der Waals surface area contributed by atoms with Crippen LogP contribution in [0.1, 0.15) is 29.6 Å². The molecule has 0 aliphatic carbocycles. The molecule has 18 heavy (non-hydrogen) atoms. The Morgan fingerprint density at radius 1 is 1.50 bits per heavy atom. The third-order valence-corrected chi connectivity index (χ3v) is 4.60. The molecule has 2 N–H and O–H groups in total. The number of carbonyl (C=O) groups excluding carboxylic acids is 1. The summed E-state index contributed by atoms with van der Waals surface area (Å²) in [7, 11) is 0. The number of carbonyl (C=O) groups is 1. The highest BCUT2D eigenvalue weighted by Gasteiger charge is 2.16. The van der Waals surface area contributed by atoms with Crippen LogP contribution in [-0.2, 0) is 0 Å². The molecule has 0 saturated carbocycles. The van der Waals surface area contributed by atoms with Crippen LogP contribution < -0.4 is 5.32 Å². The summed E-state index contributed by atoms with van der Waals surface area (Å²) in [6.45, 7) is 0.658. The van der Waals surface area contributed by atoms with Crippen molar-refractivity contribution in [3.05, 3.63) is 28.8 Å². The number of rotatable bonds is 3. The van der Waals surface area contributed by atoms with E-state index in [1.54, 1.807) is 12.1 Å². The van der Waals surface area contributed by atoms with Gasteiger partial charge in [-0.1, -0.05) is 18.0 Å². The maximum absolute atomic E-state index is 11.9. The summed E-state index contributed by atoms with van der Waals surface area (Å²) in [5.74, 6) is 0.860. The summed E-state index contributed by atoms with van der Waals surface area (Å²) in [5.41, 5.74) is 0.278. The Morgan fingerprint density at radius 3 is 3.00 bits per heavy atom. The van der Waals surface area contributed by atoms with Gasteiger partial charge in [0.2, 0.25) is 0 Å². The molecule has 5 heteroatoms. The van der Waals surface area contributed by atoms with Gasteiger partial charge in [0.05, 0.1) is 5.56 Å². The average Bonchev–Trinajstić information content (AvgIpc) is 2.37. The summed E-state index contributed by atoms with van der Waals surface area (Å²) >= 11 is 7.63. The minimum absolute atomic E-state index is 0.0729. The SMILES string of the molecule is O=C(NCC1CCCCS1)c1ccc(Cl)cc1O. The largest absolute Gasteiger partial charge is 0.507 e. The van der Waals surface area contributed by atoms with E-state index in [1.807, 2.05) is 11.8 Å². The summed E-state index contributed by atoms with van der Waals surface area (Å²) in [6.07, 6.45) is 3.66. The van der Waals surface area contributed by atoms with E-state index >= 15 is 0 Å². The van der Waals surface area contributed by atoms with E-state index in [0.717, 1.165) is 6.42 Å². The fraction of sp³-hybridized carbons (Fsp3) is 0.462. The number of thioether (sulfide) groups is 1. The third kappa shape index (κ3) is 3.56. The molecule has 1 aromatic carbocycles. The minimum Gasteiger partial charge on any atom is -0.507 e. The van der Waals surface area contributed by atoms with Crippen molar-refractivity contribution < 1.29 is 9.90 Å². The molecule has 1 unspecified atom stereocenters. The van der Waals surface area contributed by atoms with E-state index in [-0.39, 0.29) is 17.2 Å². The molecule has 1 atom stereocenters. The fourth-order valence-electron chi connectivity index (χ4n) is 1.97. The highest BCUT2D eigenvalue weighted by Crippen LogP contribution is 2.25. The molecule has 98 valence electrons. The number of aromatic hydroxyl groups is 1. The van der Waals surface area contributed by atoms with Crippen LogP contribution >= 0.6 is 23.4 Å². The Morgan fingerprint density at radius 2 is 2.33 bits per heavy atom. The highest BCUT2D eigenvalue weighted by atomic mass is 35.5. The Labute approximate surface area is 116 Å². The van der Waals surface area contributed by atoms with Crippen molar-refractivity contribution in [2.45, 2.75) is 24.5 Å². The lowest BCUT2D eigenvalue weighted by molar-refractivity contribution is 0.0951. The lowest BCUT2D eigenvalue weighted by Gasteiger charge is -2.21. The molecule has 1 aliphatic heterocycles. The zero-order valence-electron chi connectivity index (χ0n) is 9.99. The Balaban J connectivity index is 1.90. The number of halogens is 1. The van der Waals surface area contributed by atoms with E-state index in [9.17, 15) is 9.90 Å². The summed E-state index contributed by atoms with van der Waals surface area (Å²) in [4.78, 5) is 11.9. The van der Waals surface area contributed by atoms with Crippen molar-refractivity contribution in [1.82, 2.24) is 5.32 Å². The molecule has 1 heterocycles. The molecule has 1 saturated heterocycles. The van der Waals surface area contributed by atoms with Crippen molar-refractivity contribution in [2.24, 2.45) is 0 Å². The van der Waals surface area contributed by atoms with Gasteiger partial charge in [0.1, 0.15) is 5.75 Å². The van der Waals surface area contributed by atoms with E-state index < -0.39 is 0 Å². The predicted octanol–water partition coefficient (Wildman–Crippen LogP) is 3.06. The van der Waals surface area contributed by atoms with Crippen LogP contribution in [0.15, 0.2) is 18.2 Å². The summed E-state index contributed by atoms with van der Waals surface area (Å²) < 4.78 is 0. The molecule has 0 aromatic heterocycles. The quantitative estimate of drug-likeness (QED) is 0.897.